The first-order valence-corrected chi connectivity index (χ1v) is 9.58. The molecular weight excluding hydrogens is 376 g/mol. The van der Waals surface area contributed by atoms with Crippen LogP contribution in [0.4, 0.5) is 16.2 Å². The maximum Gasteiger partial charge on any atom is 0.319 e. The molecule has 1 aliphatic heterocycles. The van der Waals surface area contributed by atoms with E-state index >= 15 is 0 Å². The van der Waals surface area contributed by atoms with E-state index in [2.05, 4.69) is 21.1 Å². The standard InChI is InChI=1S/C20H26N4O5/c1-12-19(13(2)29-24-12)23-20(27)22-16-9-8-15(28-17(16)11-25)10-18(26)21-14-6-4-3-5-7-14/h3-7,15-17,25H,8-11H2,1-2H3,(H,21,26)(H2,22,23,27)/t15-,16+,17+/m0/s1. The fourth-order valence-corrected chi connectivity index (χ4v) is 3.37. The van der Waals surface area contributed by atoms with Gasteiger partial charge in [0.05, 0.1) is 25.2 Å². The van der Waals surface area contributed by atoms with Crippen LogP contribution >= 0.6 is 0 Å². The normalized spacial score (nSPS) is 21.4. The van der Waals surface area contributed by atoms with Crippen LogP contribution in [0.3, 0.4) is 0 Å². The molecule has 2 heterocycles. The van der Waals surface area contributed by atoms with Crippen LogP contribution in [0.2, 0.25) is 0 Å². The predicted molar refractivity (Wildman–Crippen MR) is 107 cm³/mol. The monoisotopic (exact) mass is 402 g/mol. The Bertz CT molecular complexity index is 819. The van der Waals surface area contributed by atoms with Gasteiger partial charge in [0.25, 0.3) is 0 Å². The average molecular weight is 402 g/mol. The van der Waals surface area contributed by atoms with Gasteiger partial charge in [-0.2, -0.15) is 0 Å². The molecule has 0 spiro atoms. The van der Waals surface area contributed by atoms with Crippen molar-refractivity contribution in [1.82, 2.24) is 10.5 Å². The summed E-state index contributed by atoms with van der Waals surface area (Å²) < 4.78 is 10.9. The Kier molecular flexibility index (Phi) is 6.84. The van der Waals surface area contributed by atoms with E-state index in [1.54, 1.807) is 13.8 Å². The maximum absolute atomic E-state index is 12.3. The Labute approximate surface area is 168 Å². The first-order valence-electron chi connectivity index (χ1n) is 9.58. The number of para-hydroxylation sites is 1. The van der Waals surface area contributed by atoms with Gasteiger partial charge in [0, 0.05) is 5.69 Å². The summed E-state index contributed by atoms with van der Waals surface area (Å²) in [6.07, 6.45) is 0.454. The Morgan fingerprint density at radius 1 is 1.17 bits per heavy atom. The van der Waals surface area contributed by atoms with Crippen LogP contribution < -0.4 is 16.0 Å². The zero-order valence-corrected chi connectivity index (χ0v) is 16.5. The van der Waals surface area contributed by atoms with E-state index in [-0.39, 0.29) is 31.1 Å². The molecule has 1 aromatic carbocycles. The molecule has 0 unspecified atom stereocenters. The number of rotatable bonds is 6. The quantitative estimate of drug-likeness (QED) is 0.588. The van der Waals surface area contributed by atoms with E-state index < -0.39 is 12.1 Å². The lowest BCUT2D eigenvalue weighted by atomic mass is 9.97. The molecule has 3 amide bonds. The minimum absolute atomic E-state index is 0.152. The smallest absolute Gasteiger partial charge is 0.319 e. The summed E-state index contributed by atoms with van der Waals surface area (Å²) in [6.45, 7) is 3.19. The molecule has 0 aliphatic carbocycles. The molecule has 0 radical (unpaired) electrons. The molecule has 29 heavy (non-hydrogen) atoms. The van der Waals surface area contributed by atoms with Gasteiger partial charge in [-0.1, -0.05) is 23.4 Å². The molecule has 9 nitrogen and oxygen atoms in total. The highest BCUT2D eigenvalue weighted by molar-refractivity contribution is 5.91. The number of nitrogens with one attached hydrogen (secondary N) is 3. The highest BCUT2D eigenvalue weighted by Gasteiger charge is 2.33. The van der Waals surface area contributed by atoms with Gasteiger partial charge in [0.15, 0.2) is 5.76 Å². The number of nitrogens with zero attached hydrogens (tertiary/aromatic N) is 1. The lowest BCUT2D eigenvalue weighted by molar-refractivity contribution is -0.126. The minimum Gasteiger partial charge on any atom is -0.394 e. The molecule has 1 aromatic heterocycles. The summed E-state index contributed by atoms with van der Waals surface area (Å²) in [5, 5.41) is 21.8. The van der Waals surface area contributed by atoms with Crippen molar-refractivity contribution in [1.29, 1.82) is 0 Å². The number of carbonyl (C=O) groups is 2. The number of hydrogen-bond donors (Lipinski definition) is 4. The Morgan fingerprint density at radius 2 is 1.93 bits per heavy atom. The number of carbonyl (C=O) groups excluding carboxylic acids is 2. The van der Waals surface area contributed by atoms with Crippen LogP contribution in [0.25, 0.3) is 0 Å². The molecule has 1 fully saturated rings. The number of benzene rings is 1. The SMILES string of the molecule is Cc1noc(C)c1NC(=O)N[C@@H]1CC[C@@H](CC(=O)Nc2ccccc2)O[C@@H]1CO. The fourth-order valence-electron chi connectivity index (χ4n) is 3.37. The summed E-state index contributed by atoms with van der Waals surface area (Å²) in [7, 11) is 0. The minimum atomic E-state index is -0.589. The number of aliphatic hydroxyl groups excluding tert-OH is 1. The number of urea groups is 1. The second kappa shape index (κ2) is 9.53. The molecule has 0 saturated carbocycles. The Hall–Kier alpha value is -2.91. The number of aryl methyl sites for hydroxylation is 2. The first kappa shape index (κ1) is 20.8. The molecule has 0 bridgehead atoms. The van der Waals surface area contributed by atoms with Crippen molar-refractivity contribution in [3.63, 3.8) is 0 Å². The highest BCUT2D eigenvalue weighted by atomic mass is 16.5. The number of hydrogen-bond acceptors (Lipinski definition) is 6. The topological polar surface area (TPSA) is 126 Å². The first-order chi connectivity index (χ1) is 14.0. The second-order valence-corrected chi connectivity index (χ2v) is 7.08. The molecule has 1 saturated heterocycles. The van der Waals surface area contributed by atoms with Crippen LogP contribution in [0, 0.1) is 13.8 Å². The lowest BCUT2D eigenvalue weighted by Crippen LogP contribution is -2.52. The van der Waals surface area contributed by atoms with Gasteiger partial charge >= 0.3 is 6.03 Å². The molecule has 9 heteroatoms. The third-order valence-electron chi connectivity index (χ3n) is 4.85. The average Bonchev–Trinajstić information content (AvgIpc) is 3.01. The van der Waals surface area contributed by atoms with Crippen molar-refractivity contribution in [2.75, 3.05) is 17.2 Å². The van der Waals surface area contributed by atoms with E-state index in [0.29, 0.717) is 30.0 Å². The van der Waals surface area contributed by atoms with Crippen molar-refractivity contribution in [3.8, 4) is 0 Å². The zero-order valence-electron chi connectivity index (χ0n) is 16.5. The van der Waals surface area contributed by atoms with Crippen molar-refractivity contribution in [2.24, 2.45) is 0 Å². The number of anilines is 2. The number of aromatic nitrogens is 1. The lowest BCUT2D eigenvalue weighted by Gasteiger charge is -2.35. The van der Waals surface area contributed by atoms with Gasteiger partial charge in [-0.3, -0.25) is 4.79 Å². The molecule has 3 atom stereocenters. The molecule has 1 aliphatic rings. The van der Waals surface area contributed by atoms with E-state index in [4.69, 9.17) is 9.26 Å². The number of amides is 3. The Morgan fingerprint density at radius 3 is 2.59 bits per heavy atom. The van der Waals surface area contributed by atoms with Crippen molar-refractivity contribution >= 4 is 23.3 Å². The molecular formula is C20H26N4O5. The van der Waals surface area contributed by atoms with Gasteiger partial charge < -0.3 is 30.3 Å². The van der Waals surface area contributed by atoms with Gasteiger partial charge in [0.1, 0.15) is 17.5 Å². The van der Waals surface area contributed by atoms with Gasteiger partial charge in [-0.25, -0.2) is 4.79 Å². The zero-order chi connectivity index (χ0) is 20.8. The molecule has 4 N–H and O–H groups in total. The third-order valence-corrected chi connectivity index (χ3v) is 4.85. The van der Waals surface area contributed by atoms with E-state index in [9.17, 15) is 14.7 Å². The third kappa shape index (κ3) is 5.55. The maximum atomic E-state index is 12.3. The second-order valence-electron chi connectivity index (χ2n) is 7.08. The summed E-state index contributed by atoms with van der Waals surface area (Å²) in [5.41, 5.74) is 1.83. The Balaban J connectivity index is 1.50. The molecule has 156 valence electrons. The van der Waals surface area contributed by atoms with E-state index in [1.165, 1.54) is 0 Å². The van der Waals surface area contributed by atoms with Crippen LogP contribution in [0.5, 0.6) is 0 Å². The van der Waals surface area contributed by atoms with Crippen molar-refractivity contribution in [2.45, 2.75) is 51.4 Å². The summed E-state index contributed by atoms with van der Waals surface area (Å²) >= 11 is 0. The highest BCUT2D eigenvalue weighted by Crippen LogP contribution is 2.23. The summed E-state index contributed by atoms with van der Waals surface area (Å²) in [5.74, 6) is 0.362. The van der Waals surface area contributed by atoms with Crippen LogP contribution in [0.1, 0.15) is 30.7 Å². The summed E-state index contributed by atoms with van der Waals surface area (Å²) in [4.78, 5) is 24.5. The number of aliphatic hydroxyl groups is 1. The number of ether oxygens (including phenoxy) is 1. The predicted octanol–water partition coefficient (Wildman–Crippen LogP) is 2.35. The van der Waals surface area contributed by atoms with Gasteiger partial charge in [-0.15, -0.1) is 0 Å². The van der Waals surface area contributed by atoms with Crippen molar-refractivity contribution in [3.05, 3.63) is 41.8 Å². The molecule has 3 rings (SSSR count). The van der Waals surface area contributed by atoms with E-state index in [0.717, 1.165) is 5.69 Å². The fraction of sp³-hybridized carbons (Fsp3) is 0.450. The van der Waals surface area contributed by atoms with Crippen molar-refractivity contribution < 1.29 is 24.0 Å². The van der Waals surface area contributed by atoms with Crippen LogP contribution in [0.15, 0.2) is 34.9 Å². The van der Waals surface area contributed by atoms with E-state index in [1.807, 2.05) is 30.3 Å². The summed E-state index contributed by atoms with van der Waals surface area (Å²) in [6, 6.07) is 8.40. The van der Waals surface area contributed by atoms with Crippen LogP contribution in [-0.4, -0.2) is 47.1 Å². The van der Waals surface area contributed by atoms with Crippen LogP contribution in [-0.2, 0) is 9.53 Å². The molecule has 2 aromatic rings. The van der Waals surface area contributed by atoms with Gasteiger partial charge in [0.2, 0.25) is 5.91 Å². The largest absolute Gasteiger partial charge is 0.394 e. The van der Waals surface area contributed by atoms with Gasteiger partial charge in [-0.05, 0) is 38.8 Å².